The van der Waals surface area contributed by atoms with Crippen LogP contribution in [0.1, 0.15) is 52.5 Å². The van der Waals surface area contributed by atoms with Crippen LogP contribution in [0.5, 0.6) is 0 Å². The van der Waals surface area contributed by atoms with Crippen LogP contribution >= 0.6 is 0 Å². The third-order valence-electron chi connectivity index (χ3n) is 6.73. The summed E-state index contributed by atoms with van der Waals surface area (Å²) < 4.78 is 61.2. The molecule has 1 saturated carbocycles. The fraction of sp³-hybridized carbons (Fsp3) is 0.500. The van der Waals surface area contributed by atoms with Crippen molar-refractivity contribution >= 4 is 17.6 Å². The number of esters is 1. The number of rotatable bonds is 8. The highest BCUT2D eigenvalue weighted by molar-refractivity contribution is 5.93. The Balaban J connectivity index is 1.81. The Hall–Kier alpha value is -2.90. The van der Waals surface area contributed by atoms with E-state index in [1.165, 1.54) is 12.1 Å². The minimum atomic E-state index is -4.61. The maximum atomic E-state index is 14.6. The van der Waals surface area contributed by atoms with Crippen LogP contribution in [0.2, 0.25) is 0 Å². The second-order valence-electron chi connectivity index (χ2n) is 10.8. The first-order valence-electron chi connectivity index (χ1n) is 12.1. The average Bonchev–Trinajstić information content (AvgIpc) is 3.56. The van der Waals surface area contributed by atoms with Crippen LogP contribution in [0.25, 0.3) is 0 Å². The molecule has 0 saturated heterocycles. The minimum absolute atomic E-state index is 0.209. The zero-order valence-corrected chi connectivity index (χ0v) is 21.0. The Kier molecular flexibility index (Phi) is 7.86. The number of amides is 1. The van der Waals surface area contributed by atoms with E-state index in [0.29, 0.717) is 18.4 Å². The van der Waals surface area contributed by atoms with Crippen molar-refractivity contribution in [1.29, 1.82) is 0 Å². The smallest absolute Gasteiger partial charge is 0.392 e. The van der Waals surface area contributed by atoms with Gasteiger partial charge in [-0.3, -0.25) is 9.59 Å². The number of ether oxygens (including phenoxy) is 1. The molecular formula is C28H33F4NO3. The molecule has 0 aliphatic heterocycles. The third-order valence-corrected chi connectivity index (χ3v) is 6.73. The van der Waals surface area contributed by atoms with Crippen LogP contribution in [-0.4, -0.2) is 23.7 Å². The fourth-order valence-electron chi connectivity index (χ4n) is 4.44. The van der Waals surface area contributed by atoms with Crippen molar-refractivity contribution in [2.45, 2.75) is 65.2 Å². The molecule has 0 heterocycles. The van der Waals surface area contributed by atoms with E-state index in [4.69, 9.17) is 4.74 Å². The van der Waals surface area contributed by atoms with Gasteiger partial charge in [-0.15, -0.1) is 0 Å². The number of anilines is 1. The molecule has 8 heteroatoms. The number of hydrogen-bond acceptors (Lipinski definition) is 3. The number of carbonyl (C=O) groups excluding carboxylic acids is 2. The molecule has 1 amide bonds. The number of allylic oxidation sites excluding steroid dienone is 5. The van der Waals surface area contributed by atoms with Gasteiger partial charge in [-0.25, -0.2) is 4.39 Å². The maximum absolute atomic E-state index is 14.6. The summed E-state index contributed by atoms with van der Waals surface area (Å²) in [6.45, 7) is 9.95. The first kappa shape index (κ1) is 27.7. The predicted molar refractivity (Wildman–Crippen MR) is 130 cm³/mol. The summed E-state index contributed by atoms with van der Waals surface area (Å²) in [6, 6.07) is 4.05. The maximum Gasteiger partial charge on any atom is 0.392 e. The van der Waals surface area contributed by atoms with Crippen molar-refractivity contribution in [2.75, 3.05) is 5.32 Å². The van der Waals surface area contributed by atoms with Gasteiger partial charge in [0.15, 0.2) is 0 Å². The van der Waals surface area contributed by atoms with E-state index < -0.39 is 46.7 Å². The number of halogens is 4. The summed E-state index contributed by atoms with van der Waals surface area (Å²) in [5.41, 5.74) is -0.205. The molecule has 3 atom stereocenters. The molecule has 4 nitrogen and oxygen atoms in total. The summed E-state index contributed by atoms with van der Waals surface area (Å²) in [5.74, 6) is -6.11. The molecule has 1 N–H and O–H groups in total. The van der Waals surface area contributed by atoms with Crippen molar-refractivity contribution in [3.63, 3.8) is 0 Å². The van der Waals surface area contributed by atoms with Gasteiger partial charge in [-0.2, -0.15) is 13.2 Å². The molecule has 1 fully saturated rings. The summed E-state index contributed by atoms with van der Waals surface area (Å²) >= 11 is 0. The van der Waals surface area contributed by atoms with Crippen molar-refractivity contribution in [3.05, 3.63) is 66.0 Å². The van der Waals surface area contributed by atoms with Gasteiger partial charge in [-0.1, -0.05) is 43.9 Å². The van der Waals surface area contributed by atoms with Crippen molar-refractivity contribution < 1.29 is 31.9 Å². The SMILES string of the molecule is C=CC1=CCC([C@@H](C(=O)Nc2cc(CC3(C(=O)OC(C)(C)C)CC3)ccc2F)[C@@H](C)C(F)(F)F)C=C1. The number of nitrogens with one attached hydrogen (secondary N) is 1. The predicted octanol–water partition coefficient (Wildman–Crippen LogP) is 6.93. The lowest BCUT2D eigenvalue weighted by atomic mass is 9.77. The molecule has 1 aromatic rings. The lowest BCUT2D eigenvalue weighted by molar-refractivity contribution is -0.188. The van der Waals surface area contributed by atoms with Crippen LogP contribution in [0.15, 0.2) is 54.7 Å². The van der Waals surface area contributed by atoms with Gasteiger partial charge < -0.3 is 10.1 Å². The van der Waals surface area contributed by atoms with Gasteiger partial charge >= 0.3 is 12.1 Å². The standard InChI is InChI=1S/C28H33F4NO3/c1-6-18-7-10-20(11-8-18)23(17(2)28(30,31)32)24(34)33-22-15-19(9-12-21(22)29)16-27(13-14-27)25(35)36-26(3,4)5/h6-10,12,15,17,20,23H,1,11,13-14,16H2,2-5H3,(H,33,34)/t17-,20?,23+/m1/s1. The minimum Gasteiger partial charge on any atom is -0.460 e. The normalized spacial score (nSPS) is 20.7. The van der Waals surface area contributed by atoms with Gasteiger partial charge in [-0.05, 0) is 75.6 Å². The number of benzene rings is 1. The third kappa shape index (κ3) is 6.65. The first-order chi connectivity index (χ1) is 16.6. The van der Waals surface area contributed by atoms with Crippen LogP contribution < -0.4 is 5.32 Å². The molecular weight excluding hydrogens is 474 g/mol. The lowest BCUT2D eigenvalue weighted by Crippen LogP contribution is -2.40. The molecule has 0 spiro atoms. The topological polar surface area (TPSA) is 55.4 Å². The van der Waals surface area contributed by atoms with Crippen LogP contribution in [-0.2, 0) is 20.7 Å². The number of carbonyl (C=O) groups is 2. The molecule has 1 unspecified atom stereocenters. The second-order valence-corrected chi connectivity index (χ2v) is 10.8. The molecule has 1 aromatic carbocycles. The Labute approximate surface area is 209 Å². The average molecular weight is 508 g/mol. The van der Waals surface area contributed by atoms with Crippen LogP contribution in [0.4, 0.5) is 23.2 Å². The van der Waals surface area contributed by atoms with E-state index in [-0.39, 0.29) is 24.5 Å². The summed E-state index contributed by atoms with van der Waals surface area (Å²) in [4.78, 5) is 25.8. The monoisotopic (exact) mass is 507 g/mol. The molecule has 196 valence electrons. The molecule has 0 radical (unpaired) electrons. The van der Waals surface area contributed by atoms with E-state index >= 15 is 0 Å². The summed E-state index contributed by atoms with van der Waals surface area (Å²) in [5, 5.41) is 2.39. The van der Waals surface area contributed by atoms with Crippen LogP contribution in [0.3, 0.4) is 0 Å². The summed E-state index contributed by atoms with van der Waals surface area (Å²) in [7, 11) is 0. The van der Waals surface area contributed by atoms with E-state index in [2.05, 4.69) is 11.9 Å². The number of alkyl halides is 3. The van der Waals surface area contributed by atoms with Gasteiger partial charge in [0.05, 0.1) is 22.9 Å². The quantitative estimate of drug-likeness (QED) is 0.307. The van der Waals surface area contributed by atoms with E-state index in [1.807, 2.05) is 0 Å². The van der Waals surface area contributed by atoms with Crippen molar-refractivity contribution in [1.82, 2.24) is 0 Å². The Morgan fingerprint density at radius 2 is 1.92 bits per heavy atom. The zero-order chi connectivity index (χ0) is 26.9. The largest absolute Gasteiger partial charge is 0.460 e. The van der Waals surface area contributed by atoms with E-state index in [1.54, 1.807) is 45.1 Å². The molecule has 3 rings (SSSR count). The number of hydrogen-bond donors (Lipinski definition) is 1. The zero-order valence-electron chi connectivity index (χ0n) is 21.0. The van der Waals surface area contributed by atoms with Gasteiger partial charge in [0.2, 0.25) is 5.91 Å². The highest BCUT2D eigenvalue weighted by atomic mass is 19.4. The highest BCUT2D eigenvalue weighted by Crippen LogP contribution is 2.50. The molecule has 0 aromatic heterocycles. The van der Waals surface area contributed by atoms with Gasteiger partial charge in [0.25, 0.3) is 0 Å². The Morgan fingerprint density at radius 1 is 1.25 bits per heavy atom. The van der Waals surface area contributed by atoms with E-state index in [9.17, 15) is 27.2 Å². The molecule has 2 aliphatic rings. The highest BCUT2D eigenvalue weighted by Gasteiger charge is 2.52. The van der Waals surface area contributed by atoms with E-state index in [0.717, 1.165) is 18.6 Å². The Morgan fingerprint density at radius 3 is 2.42 bits per heavy atom. The molecule has 36 heavy (non-hydrogen) atoms. The van der Waals surface area contributed by atoms with Crippen molar-refractivity contribution in [3.8, 4) is 0 Å². The fourth-order valence-corrected chi connectivity index (χ4v) is 4.44. The molecule has 2 aliphatic carbocycles. The van der Waals surface area contributed by atoms with Crippen LogP contribution in [0, 0.1) is 29.0 Å². The first-order valence-corrected chi connectivity index (χ1v) is 12.1. The van der Waals surface area contributed by atoms with Crippen molar-refractivity contribution in [2.24, 2.45) is 23.2 Å². The summed E-state index contributed by atoms with van der Waals surface area (Å²) in [6.07, 6.45) is 3.69. The Bertz CT molecular complexity index is 1080. The van der Waals surface area contributed by atoms with Gasteiger partial charge in [0, 0.05) is 0 Å². The second kappa shape index (κ2) is 10.2. The lowest BCUT2D eigenvalue weighted by Gasteiger charge is -2.31. The molecule has 0 bridgehead atoms. The van der Waals surface area contributed by atoms with Gasteiger partial charge in [0.1, 0.15) is 11.4 Å².